The Labute approximate surface area is 97.0 Å². The second-order valence-electron chi connectivity index (χ2n) is 4.85. The molecule has 0 heterocycles. The summed E-state index contributed by atoms with van der Waals surface area (Å²) >= 11 is 0. The number of nitrogens with one attached hydrogen (secondary N) is 1. The van der Waals surface area contributed by atoms with E-state index in [1.165, 1.54) is 44.9 Å². The highest BCUT2D eigenvalue weighted by Gasteiger charge is 2.10. The molecule has 0 aromatic heterocycles. The van der Waals surface area contributed by atoms with Gasteiger partial charge >= 0.3 is 0 Å². The Hall–Kier alpha value is -0.0400. The molecule has 2 unspecified atom stereocenters. The van der Waals surface area contributed by atoms with Crippen LogP contribution in [0.25, 0.3) is 0 Å². The Bertz CT molecular complexity index is 123. The summed E-state index contributed by atoms with van der Waals surface area (Å²) in [5, 5.41) is 3.62. The molecule has 0 spiro atoms. The van der Waals surface area contributed by atoms with Crippen LogP contribution in [0.2, 0.25) is 0 Å². The number of rotatable bonds is 10. The highest BCUT2D eigenvalue weighted by Crippen LogP contribution is 2.15. The molecular weight excluding hydrogens is 182 g/mol. The normalized spacial score (nSPS) is 15.2. The van der Waals surface area contributed by atoms with E-state index < -0.39 is 0 Å². The van der Waals surface area contributed by atoms with Gasteiger partial charge in [0.2, 0.25) is 0 Å². The molecule has 0 saturated heterocycles. The minimum absolute atomic E-state index is 0.766. The molecule has 1 nitrogen and oxygen atoms in total. The van der Waals surface area contributed by atoms with E-state index in [1.54, 1.807) is 0 Å². The van der Waals surface area contributed by atoms with Crippen molar-refractivity contribution in [3.8, 4) is 0 Å². The molecule has 0 aliphatic carbocycles. The molecule has 0 fully saturated rings. The van der Waals surface area contributed by atoms with Crippen molar-refractivity contribution in [1.82, 2.24) is 5.32 Å². The SMILES string of the molecule is CCCCCCC(CC(C)CC)NCC. The van der Waals surface area contributed by atoms with Crippen LogP contribution in [0.4, 0.5) is 0 Å². The van der Waals surface area contributed by atoms with Crippen molar-refractivity contribution >= 4 is 0 Å². The predicted octanol–water partition coefficient (Wildman–Crippen LogP) is 4.37. The van der Waals surface area contributed by atoms with E-state index in [0.717, 1.165) is 18.5 Å². The largest absolute Gasteiger partial charge is 0.314 e. The average Bonchev–Trinajstić information content (AvgIpc) is 2.24. The van der Waals surface area contributed by atoms with Gasteiger partial charge in [-0.2, -0.15) is 0 Å². The molecule has 0 rings (SSSR count). The lowest BCUT2D eigenvalue weighted by Gasteiger charge is -2.21. The molecular formula is C14H31N. The van der Waals surface area contributed by atoms with E-state index in [-0.39, 0.29) is 0 Å². The van der Waals surface area contributed by atoms with E-state index in [9.17, 15) is 0 Å². The molecule has 0 aliphatic rings. The second kappa shape index (κ2) is 10.5. The summed E-state index contributed by atoms with van der Waals surface area (Å²) < 4.78 is 0. The fraction of sp³-hybridized carbons (Fsp3) is 1.00. The Morgan fingerprint density at radius 1 is 1.00 bits per heavy atom. The molecule has 2 atom stereocenters. The van der Waals surface area contributed by atoms with Gasteiger partial charge in [0.25, 0.3) is 0 Å². The van der Waals surface area contributed by atoms with Crippen molar-refractivity contribution in [3.63, 3.8) is 0 Å². The first-order chi connectivity index (χ1) is 7.24. The van der Waals surface area contributed by atoms with Gasteiger partial charge in [-0.1, -0.05) is 59.8 Å². The first-order valence-corrected chi connectivity index (χ1v) is 6.97. The van der Waals surface area contributed by atoms with E-state index in [4.69, 9.17) is 0 Å². The summed E-state index contributed by atoms with van der Waals surface area (Å²) in [6, 6.07) is 0.766. The van der Waals surface area contributed by atoms with Gasteiger partial charge in [0, 0.05) is 6.04 Å². The van der Waals surface area contributed by atoms with E-state index in [2.05, 4.69) is 33.0 Å². The smallest absolute Gasteiger partial charge is 0.00694 e. The van der Waals surface area contributed by atoms with Crippen molar-refractivity contribution in [3.05, 3.63) is 0 Å². The van der Waals surface area contributed by atoms with Gasteiger partial charge < -0.3 is 5.32 Å². The van der Waals surface area contributed by atoms with Gasteiger partial charge in [0.05, 0.1) is 0 Å². The topological polar surface area (TPSA) is 12.0 Å². The average molecular weight is 213 g/mol. The van der Waals surface area contributed by atoms with Gasteiger partial charge in [-0.25, -0.2) is 0 Å². The molecule has 0 aromatic rings. The quantitative estimate of drug-likeness (QED) is 0.531. The van der Waals surface area contributed by atoms with Crippen molar-refractivity contribution in [2.75, 3.05) is 6.54 Å². The van der Waals surface area contributed by atoms with Crippen LogP contribution >= 0.6 is 0 Å². The summed E-state index contributed by atoms with van der Waals surface area (Å²) in [6.07, 6.45) is 9.62. The molecule has 15 heavy (non-hydrogen) atoms. The molecule has 0 bridgehead atoms. The third-order valence-electron chi connectivity index (χ3n) is 3.28. The van der Waals surface area contributed by atoms with E-state index in [1.807, 2.05) is 0 Å². The van der Waals surface area contributed by atoms with Crippen molar-refractivity contribution < 1.29 is 0 Å². The molecule has 0 radical (unpaired) electrons. The Balaban J connectivity index is 3.62. The summed E-state index contributed by atoms with van der Waals surface area (Å²) in [5.41, 5.74) is 0. The van der Waals surface area contributed by atoms with Crippen molar-refractivity contribution in [2.24, 2.45) is 5.92 Å². The van der Waals surface area contributed by atoms with Crippen LogP contribution in [-0.2, 0) is 0 Å². The first-order valence-electron chi connectivity index (χ1n) is 6.97. The molecule has 92 valence electrons. The van der Waals surface area contributed by atoms with Gasteiger partial charge in [-0.3, -0.25) is 0 Å². The maximum atomic E-state index is 3.62. The summed E-state index contributed by atoms with van der Waals surface area (Å²) in [5.74, 6) is 0.875. The van der Waals surface area contributed by atoms with Crippen LogP contribution in [-0.4, -0.2) is 12.6 Å². The first kappa shape index (κ1) is 15.0. The van der Waals surface area contributed by atoms with E-state index >= 15 is 0 Å². The third kappa shape index (κ3) is 8.92. The zero-order valence-electron chi connectivity index (χ0n) is 11.3. The Morgan fingerprint density at radius 2 is 1.73 bits per heavy atom. The van der Waals surface area contributed by atoms with Gasteiger partial charge in [0.1, 0.15) is 0 Å². The van der Waals surface area contributed by atoms with Crippen LogP contribution in [0.1, 0.15) is 72.6 Å². The van der Waals surface area contributed by atoms with Crippen LogP contribution in [0.15, 0.2) is 0 Å². The predicted molar refractivity (Wildman–Crippen MR) is 70.3 cm³/mol. The fourth-order valence-electron chi connectivity index (χ4n) is 2.06. The monoisotopic (exact) mass is 213 g/mol. The number of hydrogen-bond donors (Lipinski definition) is 1. The maximum absolute atomic E-state index is 3.62. The van der Waals surface area contributed by atoms with Crippen LogP contribution in [0, 0.1) is 5.92 Å². The molecule has 1 N–H and O–H groups in total. The molecule has 1 heteroatoms. The molecule has 0 aliphatic heterocycles. The molecule has 0 aromatic carbocycles. The molecule has 0 saturated carbocycles. The summed E-state index contributed by atoms with van der Waals surface area (Å²) in [6.45, 7) is 10.3. The standard InChI is InChI=1S/C14H31N/c1-5-8-9-10-11-14(15-7-3)12-13(4)6-2/h13-15H,5-12H2,1-4H3. The lowest BCUT2D eigenvalue weighted by Crippen LogP contribution is -2.30. The third-order valence-corrected chi connectivity index (χ3v) is 3.28. The fourth-order valence-corrected chi connectivity index (χ4v) is 2.06. The Morgan fingerprint density at radius 3 is 2.27 bits per heavy atom. The van der Waals surface area contributed by atoms with Gasteiger partial charge in [-0.15, -0.1) is 0 Å². The second-order valence-corrected chi connectivity index (χ2v) is 4.85. The lowest BCUT2D eigenvalue weighted by molar-refractivity contribution is 0.371. The molecule has 0 amide bonds. The summed E-state index contributed by atoms with van der Waals surface area (Å²) in [4.78, 5) is 0. The van der Waals surface area contributed by atoms with Crippen molar-refractivity contribution in [2.45, 2.75) is 78.7 Å². The number of unbranched alkanes of at least 4 members (excludes halogenated alkanes) is 3. The van der Waals surface area contributed by atoms with Crippen molar-refractivity contribution in [1.29, 1.82) is 0 Å². The minimum Gasteiger partial charge on any atom is -0.314 e. The van der Waals surface area contributed by atoms with Crippen LogP contribution < -0.4 is 5.32 Å². The van der Waals surface area contributed by atoms with Gasteiger partial charge in [-0.05, 0) is 25.3 Å². The summed E-state index contributed by atoms with van der Waals surface area (Å²) in [7, 11) is 0. The minimum atomic E-state index is 0.766. The van der Waals surface area contributed by atoms with Crippen LogP contribution in [0.3, 0.4) is 0 Å². The number of hydrogen-bond acceptors (Lipinski definition) is 1. The van der Waals surface area contributed by atoms with E-state index in [0.29, 0.717) is 0 Å². The zero-order chi connectivity index (χ0) is 11.5. The van der Waals surface area contributed by atoms with Crippen LogP contribution in [0.5, 0.6) is 0 Å². The van der Waals surface area contributed by atoms with Gasteiger partial charge in [0.15, 0.2) is 0 Å². The highest BCUT2D eigenvalue weighted by molar-refractivity contribution is 4.69. The zero-order valence-corrected chi connectivity index (χ0v) is 11.3. The maximum Gasteiger partial charge on any atom is 0.00694 e. The lowest BCUT2D eigenvalue weighted by atomic mass is 9.95. The Kier molecular flexibility index (Phi) is 10.4. The highest BCUT2D eigenvalue weighted by atomic mass is 14.9.